The Morgan fingerprint density at radius 2 is 2.00 bits per heavy atom. The van der Waals surface area contributed by atoms with Gasteiger partial charge in [0.1, 0.15) is 0 Å². The van der Waals surface area contributed by atoms with Crippen molar-refractivity contribution in [3.63, 3.8) is 0 Å². The molecule has 2 rings (SSSR count). The lowest BCUT2D eigenvalue weighted by Crippen LogP contribution is -2.55. The Hall–Kier alpha value is -0.570. The van der Waals surface area contributed by atoms with Crippen LogP contribution in [0.2, 0.25) is 0 Å². The van der Waals surface area contributed by atoms with Crippen LogP contribution in [0.15, 0.2) is 0 Å². The number of nitrogens with one attached hydrogen (secondary N) is 1. The van der Waals surface area contributed by atoms with E-state index in [1.165, 1.54) is 19.3 Å². The van der Waals surface area contributed by atoms with E-state index in [-0.39, 0.29) is 5.41 Å². The van der Waals surface area contributed by atoms with Crippen LogP contribution in [-0.2, 0) is 4.79 Å². The average molecular weight is 224 g/mol. The summed E-state index contributed by atoms with van der Waals surface area (Å²) in [6, 6.07) is 0.449. The Morgan fingerprint density at radius 3 is 2.62 bits per heavy atom. The molecular formula is C13H24N2O. The van der Waals surface area contributed by atoms with Crippen molar-refractivity contribution >= 4 is 5.91 Å². The number of hydrogen-bond acceptors (Lipinski definition) is 2. The molecule has 16 heavy (non-hydrogen) atoms. The van der Waals surface area contributed by atoms with Gasteiger partial charge in [0, 0.05) is 31.1 Å². The Labute approximate surface area is 98.6 Å². The number of hydrogen-bond donors (Lipinski definition) is 1. The molecule has 0 aromatic heterocycles. The molecule has 1 aliphatic heterocycles. The highest BCUT2D eigenvalue weighted by Crippen LogP contribution is 2.37. The van der Waals surface area contributed by atoms with Crippen LogP contribution in [0.4, 0.5) is 0 Å². The van der Waals surface area contributed by atoms with Gasteiger partial charge in [-0.2, -0.15) is 0 Å². The molecule has 1 saturated carbocycles. The van der Waals surface area contributed by atoms with Crippen LogP contribution in [0, 0.1) is 5.41 Å². The van der Waals surface area contributed by atoms with Crippen molar-refractivity contribution < 1.29 is 4.79 Å². The summed E-state index contributed by atoms with van der Waals surface area (Å²) in [5, 5.41) is 3.39. The van der Waals surface area contributed by atoms with E-state index < -0.39 is 0 Å². The van der Waals surface area contributed by atoms with Gasteiger partial charge in [-0.05, 0) is 19.8 Å². The molecule has 0 bridgehead atoms. The zero-order valence-corrected chi connectivity index (χ0v) is 10.6. The largest absolute Gasteiger partial charge is 0.339 e. The van der Waals surface area contributed by atoms with Gasteiger partial charge in [-0.1, -0.05) is 26.2 Å². The zero-order valence-electron chi connectivity index (χ0n) is 10.6. The lowest BCUT2D eigenvalue weighted by Gasteiger charge is -2.40. The molecule has 1 atom stereocenters. The van der Waals surface area contributed by atoms with Gasteiger partial charge in [-0.3, -0.25) is 4.79 Å². The number of piperazine rings is 1. The van der Waals surface area contributed by atoms with Gasteiger partial charge in [0.05, 0.1) is 0 Å². The van der Waals surface area contributed by atoms with E-state index in [2.05, 4.69) is 24.1 Å². The van der Waals surface area contributed by atoms with Crippen LogP contribution in [0.5, 0.6) is 0 Å². The van der Waals surface area contributed by atoms with Crippen molar-refractivity contribution in [2.75, 3.05) is 19.6 Å². The SMILES string of the molecule is C[C@H]1CN(C(=O)C2(C)CCCCC2)CCN1. The Bertz CT molecular complexity index is 259. The fraction of sp³-hybridized carbons (Fsp3) is 0.923. The number of rotatable bonds is 1. The molecular weight excluding hydrogens is 200 g/mol. The highest BCUT2D eigenvalue weighted by Gasteiger charge is 2.38. The zero-order chi connectivity index (χ0) is 11.6. The topological polar surface area (TPSA) is 32.3 Å². The molecule has 1 saturated heterocycles. The molecule has 2 aliphatic rings. The smallest absolute Gasteiger partial charge is 0.228 e. The maximum Gasteiger partial charge on any atom is 0.228 e. The Kier molecular flexibility index (Phi) is 3.53. The summed E-state index contributed by atoms with van der Waals surface area (Å²) < 4.78 is 0. The van der Waals surface area contributed by atoms with Crippen LogP contribution in [0.1, 0.15) is 46.0 Å². The summed E-state index contributed by atoms with van der Waals surface area (Å²) >= 11 is 0. The number of carbonyl (C=O) groups is 1. The van der Waals surface area contributed by atoms with E-state index in [4.69, 9.17) is 0 Å². The quantitative estimate of drug-likeness (QED) is 0.736. The van der Waals surface area contributed by atoms with Gasteiger partial charge in [0.25, 0.3) is 0 Å². The van der Waals surface area contributed by atoms with Gasteiger partial charge in [0.15, 0.2) is 0 Å². The second kappa shape index (κ2) is 4.74. The molecule has 0 aromatic rings. The summed E-state index contributed by atoms with van der Waals surface area (Å²) in [6.45, 7) is 7.04. The average Bonchev–Trinajstić information content (AvgIpc) is 2.29. The molecule has 1 heterocycles. The number of carbonyl (C=O) groups excluding carboxylic acids is 1. The van der Waals surface area contributed by atoms with Crippen molar-refractivity contribution in [1.82, 2.24) is 10.2 Å². The maximum atomic E-state index is 12.5. The lowest BCUT2D eigenvalue weighted by atomic mass is 9.74. The van der Waals surface area contributed by atoms with E-state index in [1.54, 1.807) is 0 Å². The third-order valence-electron chi connectivity index (χ3n) is 4.13. The van der Waals surface area contributed by atoms with Crippen molar-refractivity contribution in [1.29, 1.82) is 0 Å². The minimum absolute atomic E-state index is 0.0602. The highest BCUT2D eigenvalue weighted by molar-refractivity contribution is 5.82. The van der Waals surface area contributed by atoms with E-state index in [1.807, 2.05) is 0 Å². The normalized spacial score (nSPS) is 30.1. The summed E-state index contributed by atoms with van der Waals surface area (Å²) in [5.74, 6) is 0.403. The molecule has 2 fully saturated rings. The van der Waals surface area contributed by atoms with Gasteiger partial charge < -0.3 is 10.2 Å². The summed E-state index contributed by atoms with van der Waals surface area (Å²) in [7, 11) is 0. The predicted molar refractivity (Wildman–Crippen MR) is 65.2 cm³/mol. The fourth-order valence-corrected chi connectivity index (χ4v) is 3.04. The van der Waals surface area contributed by atoms with Gasteiger partial charge in [0.2, 0.25) is 5.91 Å². The first kappa shape index (κ1) is 11.9. The standard InChI is InChI=1S/C13H24N2O/c1-11-10-15(9-8-14-11)12(16)13(2)6-4-3-5-7-13/h11,14H,3-10H2,1-2H3/t11-/m0/s1. The minimum Gasteiger partial charge on any atom is -0.339 e. The molecule has 0 aromatic carbocycles. The van der Waals surface area contributed by atoms with Crippen molar-refractivity contribution in [2.45, 2.75) is 52.0 Å². The molecule has 1 aliphatic carbocycles. The molecule has 0 unspecified atom stereocenters. The van der Waals surface area contributed by atoms with Gasteiger partial charge in [-0.15, -0.1) is 0 Å². The molecule has 3 nitrogen and oxygen atoms in total. The predicted octanol–water partition coefficient (Wildman–Crippen LogP) is 1.78. The maximum absolute atomic E-state index is 12.5. The van der Waals surface area contributed by atoms with Crippen molar-refractivity contribution in [3.8, 4) is 0 Å². The van der Waals surface area contributed by atoms with Crippen LogP contribution in [0.3, 0.4) is 0 Å². The van der Waals surface area contributed by atoms with Crippen LogP contribution in [-0.4, -0.2) is 36.5 Å². The third kappa shape index (κ3) is 2.40. The fourth-order valence-electron chi connectivity index (χ4n) is 3.04. The molecule has 0 spiro atoms. The lowest BCUT2D eigenvalue weighted by molar-refractivity contribution is -0.144. The summed E-state index contributed by atoms with van der Waals surface area (Å²) in [6.07, 6.45) is 5.93. The number of nitrogens with zero attached hydrogens (tertiary/aromatic N) is 1. The van der Waals surface area contributed by atoms with E-state index in [0.29, 0.717) is 11.9 Å². The number of amides is 1. The first-order valence-corrected chi connectivity index (χ1v) is 6.65. The van der Waals surface area contributed by atoms with Crippen LogP contribution < -0.4 is 5.32 Å². The van der Waals surface area contributed by atoms with Crippen LogP contribution in [0.25, 0.3) is 0 Å². The summed E-state index contributed by atoms with van der Waals surface area (Å²) in [5.41, 5.74) is -0.0602. The molecule has 1 N–H and O–H groups in total. The first-order chi connectivity index (χ1) is 7.62. The second-order valence-corrected chi connectivity index (χ2v) is 5.73. The van der Waals surface area contributed by atoms with E-state index >= 15 is 0 Å². The van der Waals surface area contributed by atoms with Gasteiger partial charge >= 0.3 is 0 Å². The van der Waals surface area contributed by atoms with E-state index in [9.17, 15) is 4.79 Å². The Morgan fingerprint density at radius 1 is 1.31 bits per heavy atom. The van der Waals surface area contributed by atoms with Crippen molar-refractivity contribution in [2.24, 2.45) is 5.41 Å². The van der Waals surface area contributed by atoms with Crippen LogP contribution >= 0.6 is 0 Å². The second-order valence-electron chi connectivity index (χ2n) is 5.73. The van der Waals surface area contributed by atoms with Crippen molar-refractivity contribution in [3.05, 3.63) is 0 Å². The molecule has 0 radical (unpaired) electrons. The van der Waals surface area contributed by atoms with Gasteiger partial charge in [-0.25, -0.2) is 0 Å². The highest BCUT2D eigenvalue weighted by atomic mass is 16.2. The molecule has 1 amide bonds. The molecule has 92 valence electrons. The summed E-state index contributed by atoms with van der Waals surface area (Å²) in [4.78, 5) is 14.6. The monoisotopic (exact) mass is 224 g/mol. The molecule has 3 heteroatoms. The first-order valence-electron chi connectivity index (χ1n) is 6.65. The Balaban J connectivity index is 1.99. The third-order valence-corrected chi connectivity index (χ3v) is 4.13. The van der Waals surface area contributed by atoms with E-state index in [0.717, 1.165) is 32.5 Å². The minimum atomic E-state index is -0.0602.